The van der Waals surface area contributed by atoms with Crippen molar-refractivity contribution in [3.05, 3.63) is 28.2 Å². The van der Waals surface area contributed by atoms with Crippen molar-refractivity contribution in [2.24, 2.45) is 0 Å². The summed E-state index contributed by atoms with van der Waals surface area (Å²) in [5, 5.41) is 12.8. The molecule has 4 heteroatoms. The lowest BCUT2D eigenvalue weighted by atomic mass is 10.1. The summed E-state index contributed by atoms with van der Waals surface area (Å²) in [5.74, 6) is 0. The number of anilines is 1. The summed E-state index contributed by atoms with van der Waals surface area (Å²) in [6.45, 7) is 6.21. The second-order valence-corrected chi connectivity index (χ2v) is 6.69. The van der Waals surface area contributed by atoms with Gasteiger partial charge in [-0.2, -0.15) is 0 Å². The van der Waals surface area contributed by atoms with Gasteiger partial charge in [-0.15, -0.1) is 0 Å². The number of benzene rings is 1. The van der Waals surface area contributed by atoms with Crippen LogP contribution >= 0.6 is 15.9 Å². The summed E-state index contributed by atoms with van der Waals surface area (Å²) in [4.78, 5) is 2.37. The van der Waals surface area contributed by atoms with Crippen molar-refractivity contribution in [3.8, 4) is 0 Å². The highest BCUT2D eigenvalue weighted by Gasteiger charge is 2.23. The van der Waals surface area contributed by atoms with Crippen LogP contribution in [0.5, 0.6) is 0 Å². The monoisotopic (exact) mass is 354 g/mol. The summed E-state index contributed by atoms with van der Waals surface area (Å²) in [6, 6.07) is 7.53. The number of nitrogens with one attached hydrogen (secondary N) is 1. The van der Waals surface area contributed by atoms with Gasteiger partial charge in [0.1, 0.15) is 0 Å². The van der Waals surface area contributed by atoms with Gasteiger partial charge in [-0.3, -0.25) is 0 Å². The van der Waals surface area contributed by atoms with Crippen molar-refractivity contribution >= 4 is 21.6 Å². The van der Waals surface area contributed by atoms with E-state index < -0.39 is 0 Å². The highest BCUT2D eigenvalue weighted by Crippen LogP contribution is 2.32. The van der Waals surface area contributed by atoms with Crippen LogP contribution in [0.15, 0.2) is 22.7 Å². The van der Waals surface area contributed by atoms with Crippen LogP contribution in [-0.2, 0) is 0 Å². The summed E-state index contributed by atoms with van der Waals surface area (Å²) in [7, 11) is 0. The molecule has 1 unspecified atom stereocenters. The highest BCUT2D eigenvalue weighted by molar-refractivity contribution is 9.10. The smallest absolute Gasteiger partial charge is 0.0606 e. The van der Waals surface area contributed by atoms with Crippen molar-refractivity contribution in [2.75, 3.05) is 24.6 Å². The molecule has 0 radical (unpaired) electrons. The highest BCUT2D eigenvalue weighted by atomic mass is 79.9. The maximum atomic E-state index is 9.38. The third kappa shape index (κ3) is 4.21. The maximum absolute atomic E-state index is 9.38. The second kappa shape index (κ2) is 8.16. The third-order valence-corrected chi connectivity index (χ3v) is 5.09. The second-order valence-electron chi connectivity index (χ2n) is 5.84. The summed E-state index contributed by atoms with van der Waals surface area (Å²) >= 11 is 3.72. The fraction of sp³-hybridized carbons (Fsp3) is 0.647. The minimum absolute atomic E-state index is 0.212. The first-order valence-electron chi connectivity index (χ1n) is 8.07. The molecule has 1 aromatic rings. The molecule has 1 aromatic carbocycles. The zero-order valence-electron chi connectivity index (χ0n) is 13.1. The molecule has 0 aliphatic heterocycles. The van der Waals surface area contributed by atoms with Crippen molar-refractivity contribution in [1.29, 1.82) is 0 Å². The number of aliphatic hydroxyl groups excluding tert-OH is 1. The van der Waals surface area contributed by atoms with Gasteiger partial charge in [-0.1, -0.05) is 41.8 Å². The van der Waals surface area contributed by atoms with Gasteiger partial charge in [0.25, 0.3) is 0 Å². The van der Waals surface area contributed by atoms with E-state index in [1.54, 1.807) is 0 Å². The van der Waals surface area contributed by atoms with Gasteiger partial charge in [0.05, 0.1) is 6.61 Å². The Kier molecular flexibility index (Phi) is 6.52. The largest absolute Gasteiger partial charge is 0.395 e. The molecule has 3 nitrogen and oxygen atoms in total. The quantitative estimate of drug-likeness (QED) is 0.780. The Hall–Kier alpha value is -0.580. The Balaban J connectivity index is 2.19. The zero-order valence-corrected chi connectivity index (χ0v) is 14.7. The van der Waals surface area contributed by atoms with Gasteiger partial charge in [0, 0.05) is 28.8 Å². The molecule has 0 saturated heterocycles. The van der Waals surface area contributed by atoms with Gasteiger partial charge >= 0.3 is 0 Å². The normalized spacial score (nSPS) is 17.1. The minimum Gasteiger partial charge on any atom is -0.395 e. The average Bonchev–Trinajstić information content (AvgIpc) is 2.98. The molecular weight excluding hydrogens is 328 g/mol. The van der Waals surface area contributed by atoms with Gasteiger partial charge in [0.15, 0.2) is 0 Å². The van der Waals surface area contributed by atoms with E-state index in [9.17, 15) is 5.11 Å². The fourth-order valence-electron chi connectivity index (χ4n) is 3.31. The average molecular weight is 355 g/mol. The summed E-state index contributed by atoms with van der Waals surface area (Å²) in [6.07, 6.45) is 5.10. The number of aliphatic hydroxyl groups is 1. The van der Waals surface area contributed by atoms with Gasteiger partial charge in [0.2, 0.25) is 0 Å². The number of nitrogens with zero attached hydrogens (tertiary/aromatic N) is 1. The molecule has 1 aliphatic rings. The third-order valence-electron chi connectivity index (χ3n) is 4.40. The van der Waals surface area contributed by atoms with E-state index in [0.29, 0.717) is 12.1 Å². The molecular formula is C17H27BrN2O. The van der Waals surface area contributed by atoms with E-state index in [-0.39, 0.29) is 6.61 Å². The standard InChI is InChI=1S/C17H27BrN2O/c1-3-19-13(2)16-9-8-15(12-17(16)18)20(10-11-21)14-6-4-5-7-14/h8-9,12-14,19,21H,3-7,10-11H2,1-2H3. The SMILES string of the molecule is CCNC(C)c1ccc(N(CCO)C2CCCC2)cc1Br. The molecule has 2 N–H and O–H groups in total. The lowest BCUT2D eigenvalue weighted by Crippen LogP contribution is -2.35. The van der Waals surface area contributed by atoms with Gasteiger partial charge in [-0.05, 0) is 44.0 Å². The van der Waals surface area contributed by atoms with E-state index in [1.165, 1.54) is 36.9 Å². The number of hydrogen-bond donors (Lipinski definition) is 2. The van der Waals surface area contributed by atoms with E-state index in [0.717, 1.165) is 17.6 Å². The maximum Gasteiger partial charge on any atom is 0.0606 e. The van der Waals surface area contributed by atoms with E-state index >= 15 is 0 Å². The molecule has 0 heterocycles. The topological polar surface area (TPSA) is 35.5 Å². The summed E-state index contributed by atoms with van der Waals surface area (Å²) < 4.78 is 1.15. The molecule has 2 rings (SSSR count). The molecule has 1 fully saturated rings. The first-order chi connectivity index (χ1) is 10.2. The van der Waals surface area contributed by atoms with E-state index in [4.69, 9.17) is 0 Å². The molecule has 1 saturated carbocycles. The zero-order chi connectivity index (χ0) is 15.2. The molecule has 118 valence electrons. The molecule has 0 bridgehead atoms. The molecule has 21 heavy (non-hydrogen) atoms. The van der Waals surface area contributed by atoms with Crippen molar-refractivity contribution in [2.45, 2.75) is 51.6 Å². The van der Waals surface area contributed by atoms with Crippen LogP contribution in [0, 0.1) is 0 Å². The van der Waals surface area contributed by atoms with E-state index in [1.807, 2.05) is 0 Å². The Bertz CT molecular complexity index is 446. The molecule has 0 amide bonds. The first-order valence-corrected chi connectivity index (χ1v) is 8.87. The Morgan fingerprint density at radius 3 is 2.67 bits per heavy atom. The van der Waals surface area contributed by atoms with Crippen LogP contribution < -0.4 is 10.2 Å². The molecule has 0 aromatic heterocycles. The lowest BCUT2D eigenvalue weighted by molar-refractivity contribution is 0.297. The van der Waals surface area contributed by atoms with Crippen molar-refractivity contribution < 1.29 is 5.11 Å². The van der Waals surface area contributed by atoms with Crippen LogP contribution in [0.3, 0.4) is 0 Å². The minimum atomic E-state index is 0.212. The Morgan fingerprint density at radius 1 is 1.38 bits per heavy atom. The van der Waals surface area contributed by atoms with Crippen LogP contribution in [0.25, 0.3) is 0 Å². The lowest BCUT2D eigenvalue weighted by Gasteiger charge is -2.31. The molecule has 1 aliphatic carbocycles. The van der Waals surface area contributed by atoms with Crippen LogP contribution in [0.1, 0.15) is 51.1 Å². The van der Waals surface area contributed by atoms with Gasteiger partial charge in [-0.25, -0.2) is 0 Å². The van der Waals surface area contributed by atoms with Crippen LogP contribution in [0.2, 0.25) is 0 Å². The Labute approximate surface area is 136 Å². The number of rotatable bonds is 7. The number of hydrogen-bond acceptors (Lipinski definition) is 3. The molecule has 1 atom stereocenters. The van der Waals surface area contributed by atoms with Crippen molar-refractivity contribution in [3.63, 3.8) is 0 Å². The fourth-order valence-corrected chi connectivity index (χ4v) is 4.02. The predicted molar refractivity (Wildman–Crippen MR) is 92.9 cm³/mol. The van der Waals surface area contributed by atoms with Crippen molar-refractivity contribution in [1.82, 2.24) is 5.32 Å². The van der Waals surface area contributed by atoms with Crippen LogP contribution in [-0.4, -0.2) is 30.8 Å². The first kappa shape index (κ1) is 16.8. The summed E-state index contributed by atoms with van der Waals surface area (Å²) in [5.41, 5.74) is 2.51. The molecule has 0 spiro atoms. The van der Waals surface area contributed by atoms with Crippen LogP contribution in [0.4, 0.5) is 5.69 Å². The number of halogens is 1. The Morgan fingerprint density at radius 2 is 2.10 bits per heavy atom. The van der Waals surface area contributed by atoms with E-state index in [2.05, 4.69) is 58.2 Å². The predicted octanol–water partition coefficient (Wildman–Crippen LogP) is 3.86. The van der Waals surface area contributed by atoms with Gasteiger partial charge < -0.3 is 15.3 Å².